The second-order valence-electron chi connectivity index (χ2n) is 8.00. The Kier molecular flexibility index (Phi) is 12.0. The Morgan fingerprint density at radius 3 is 1.94 bits per heavy atom. The normalized spacial score (nSPS) is 12.8. The third kappa shape index (κ3) is 8.34. The predicted molar refractivity (Wildman–Crippen MR) is 125 cm³/mol. The highest BCUT2D eigenvalue weighted by atomic mass is 31.2. The highest BCUT2D eigenvalue weighted by Gasteiger charge is 2.25. The van der Waals surface area contributed by atoms with Gasteiger partial charge < -0.3 is 19.7 Å². The van der Waals surface area contributed by atoms with Crippen LogP contribution >= 0.6 is 7.37 Å². The van der Waals surface area contributed by atoms with Crippen LogP contribution in [0.3, 0.4) is 0 Å². The minimum Gasteiger partial charge on any atom is -0.790 e. The molecule has 0 aliphatic rings. The summed E-state index contributed by atoms with van der Waals surface area (Å²) in [6, 6.07) is 11.5. The summed E-state index contributed by atoms with van der Waals surface area (Å²) in [4.78, 5) is 24.8. The molecular weight excluding hydrogens is 411 g/mol. The van der Waals surface area contributed by atoms with E-state index in [1.807, 2.05) is 19.1 Å². The van der Waals surface area contributed by atoms with Crippen molar-refractivity contribution in [1.82, 2.24) is 0 Å². The van der Waals surface area contributed by atoms with Gasteiger partial charge in [0.25, 0.3) is 0 Å². The van der Waals surface area contributed by atoms with E-state index in [0.29, 0.717) is 17.0 Å². The Bertz CT molecular complexity index is 834. The summed E-state index contributed by atoms with van der Waals surface area (Å²) in [6.45, 7) is 8.12. The Morgan fingerprint density at radius 1 is 0.968 bits per heavy atom. The van der Waals surface area contributed by atoms with Crippen LogP contribution in [0.2, 0.25) is 0 Å². The van der Waals surface area contributed by atoms with Crippen molar-refractivity contribution < 1.29 is 24.5 Å². The van der Waals surface area contributed by atoms with Gasteiger partial charge in [-0.25, -0.2) is 0 Å². The molecule has 2 rings (SSSR count). The van der Waals surface area contributed by atoms with Gasteiger partial charge in [0.15, 0.2) is 0 Å². The number of carbonyl (C=O) groups is 1. The van der Waals surface area contributed by atoms with Crippen LogP contribution in [0.5, 0.6) is 0 Å². The van der Waals surface area contributed by atoms with E-state index in [1.54, 1.807) is 32.0 Å². The summed E-state index contributed by atoms with van der Waals surface area (Å²) in [7, 11) is -4.32. The van der Waals surface area contributed by atoms with Crippen LogP contribution in [0.4, 0.5) is 0 Å². The number of aryl methyl sites for hydroxylation is 3. The average Bonchev–Trinajstić information content (AvgIpc) is 2.72. The highest BCUT2D eigenvalue weighted by Crippen LogP contribution is 2.40. The molecule has 31 heavy (non-hydrogen) atoms. The largest absolute Gasteiger partial charge is 0.790 e. The van der Waals surface area contributed by atoms with Crippen molar-refractivity contribution in [1.29, 1.82) is 0 Å². The molecule has 0 amide bonds. The first-order chi connectivity index (χ1) is 14.7. The van der Waals surface area contributed by atoms with Crippen LogP contribution in [0.1, 0.15) is 66.1 Å². The van der Waals surface area contributed by atoms with E-state index in [-0.39, 0.29) is 24.1 Å². The van der Waals surface area contributed by atoms with Crippen LogP contribution in [-0.4, -0.2) is 29.0 Å². The second kappa shape index (κ2) is 13.6. The van der Waals surface area contributed by atoms with E-state index in [1.165, 1.54) is 25.0 Å². The Balaban J connectivity index is 0.000000373. The number of carbonyl (C=O) groups excluding carboxylic acids is 1. The zero-order valence-corrected chi connectivity index (χ0v) is 20.0. The third-order valence-corrected chi connectivity index (χ3v) is 7.03. The molecule has 2 N–H and O–H groups in total. The lowest BCUT2D eigenvalue weighted by Crippen LogP contribution is -2.23. The first-order valence-corrected chi connectivity index (χ1v) is 12.5. The average molecular weight is 448 g/mol. The maximum Gasteiger partial charge on any atom is 0.212 e. The van der Waals surface area contributed by atoms with Gasteiger partial charge in [0, 0.05) is 24.1 Å². The number of aliphatic hydroxyl groups excluding tert-OH is 2. The number of benzene rings is 2. The van der Waals surface area contributed by atoms with Gasteiger partial charge in [0.05, 0.1) is 0 Å². The summed E-state index contributed by atoms with van der Waals surface area (Å²) in [5, 5.41) is 17.4. The molecule has 172 valence electrons. The number of hydrogen-bond donors (Lipinski definition) is 2. The summed E-state index contributed by atoms with van der Waals surface area (Å²) >= 11 is 0. The molecule has 0 bridgehead atoms. The van der Waals surface area contributed by atoms with Crippen LogP contribution in [0.25, 0.3) is 0 Å². The van der Waals surface area contributed by atoms with E-state index >= 15 is 0 Å². The molecular formula is C25H36O5P-. The standard InChI is InChI=1S/C16H17O3P.C9H20O2/c1-11-9-12(2)15(13(3)10-11)16(17)20(18,19)14-7-5-4-6-8-14;1-2-3-4-9(5-7-10)6-8-11/h4-10H,1-3H3,(H,18,19);9-11H,2-8H2,1H3/p-1. The number of aliphatic hydroxyl groups is 2. The lowest BCUT2D eigenvalue weighted by Gasteiger charge is -2.24. The predicted octanol–water partition coefficient (Wildman–Crippen LogP) is 4.27. The summed E-state index contributed by atoms with van der Waals surface area (Å²) < 4.78 is 12.4. The first-order valence-electron chi connectivity index (χ1n) is 10.9. The maximum atomic E-state index is 12.4. The van der Waals surface area contributed by atoms with E-state index in [4.69, 9.17) is 10.2 Å². The van der Waals surface area contributed by atoms with Crippen molar-refractivity contribution in [3.8, 4) is 0 Å². The summed E-state index contributed by atoms with van der Waals surface area (Å²) in [5.41, 5.74) is 1.88. The monoisotopic (exact) mass is 447 g/mol. The first kappa shape index (κ1) is 27.3. The summed E-state index contributed by atoms with van der Waals surface area (Å²) in [5.74, 6) is 0.532. The molecule has 1 atom stereocenters. The molecule has 0 saturated heterocycles. The second-order valence-corrected chi connectivity index (χ2v) is 10.0. The SMILES string of the molecule is CCCCC(CCO)CCO.Cc1cc(C)c(C(=O)P(=O)([O-])c2ccccc2)c(C)c1. The fraction of sp³-hybridized carbons (Fsp3) is 0.480. The Labute approximate surface area is 186 Å². The molecule has 0 spiro atoms. The van der Waals surface area contributed by atoms with Gasteiger partial charge in [-0.15, -0.1) is 0 Å². The van der Waals surface area contributed by atoms with Crippen LogP contribution in [0.15, 0.2) is 42.5 Å². The molecule has 0 fully saturated rings. The highest BCUT2D eigenvalue weighted by molar-refractivity contribution is 7.81. The van der Waals surface area contributed by atoms with Crippen molar-refractivity contribution in [3.05, 3.63) is 64.7 Å². The molecule has 5 nitrogen and oxygen atoms in total. The third-order valence-electron chi connectivity index (χ3n) is 5.29. The maximum absolute atomic E-state index is 12.4. The molecule has 0 aliphatic carbocycles. The molecule has 0 radical (unpaired) electrons. The Morgan fingerprint density at radius 2 is 1.48 bits per heavy atom. The van der Waals surface area contributed by atoms with E-state index in [2.05, 4.69) is 6.92 Å². The molecule has 6 heteroatoms. The lowest BCUT2D eigenvalue weighted by atomic mass is 9.96. The molecule has 0 heterocycles. The van der Waals surface area contributed by atoms with Gasteiger partial charge in [-0.05, 0) is 50.7 Å². The van der Waals surface area contributed by atoms with Crippen LogP contribution in [0, 0.1) is 26.7 Å². The number of rotatable bonds is 10. The quantitative estimate of drug-likeness (QED) is 0.530. The molecule has 0 aliphatic heterocycles. The van der Waals surface area contributed by atoms with Crippen molar-refractivity contribution in [2.45, 2.75) is 59.8 Å². The fourth-order valence-electron chi connectivity index (χ4n) is 3.70. The zero-order chi connectivity index (χ0) is 23.4. The molecule has 2 aromatic rings. The zero-order valence-electron chi connectivity index (χ0n) is 19.1. The number of unbranched alkanes of at least 4 members (excludes halogenated alkanes) is 1. The lowest BCUT2D eigenvalue weighted by molar-refractivity contribution is -0.168. The molecule has 1 unspecified atom stereocenters. The van der Waals surface area contributed by atoms with Crippen molar-refractivity contribution in [2.75, 3.05) is 13.2 Å². The van der Waals surface area contributed by atoms with Crippen molar-refractivity contribution in [3.63, 3.8) is 0 Å². The van der Waals surface area contributed by atoms with Gasteiger partial charge >= 0.3 is 0 Å². The van der Waals surface area contributed by atoms with Gasteiger partial charge in [-0.3, -0.25) is 4.79 Å². The van der Waals surface area contributed by atoms with E-state index < -0.39 is 12.9 Å². The summed E-state index contributed by atoms with van der Waals surface area (Å²) in [6.07, 6.45) is 5.26. The minimum atomic E-state index is -4.32. The van der Waals surface area contributed by atoms with Crippen LogP contribution in [-0.2, 0) is 4.57 Å². The topological polar surface area (TPSA) is 97.7 Å². The van der Waals surface area contributed by atoms with Gasteiger partial charge in [0.1, 0.15) is 7.37 Å². The molecule has 0 saturated carbocycles. The van der Waals surface area contributed by atoms with E-state index in [9.17, 15) is 14.3 Å². The molecule has 2 aromatic carbocycles. The molecule has 0 aromatic heterocycles. The van der Waals surface area contributed by atoms with Crippen molar-refractivity contribution >= 4 is 18.2 Å². The number of hydrogen-bond acceptors (Lipinski definition) is 5. The fourth-order valence-corrected chi connectivity index (χ4v) is 5.14. The van der Waals surface area contributed by atoms with Gasteiger partial charge in [0.2, 0.25) is 5.52 Å². The van der Waals surface area contributed by atoms with E-state index in [0.717, 1.165) is 24.8 Å². The van der Waals surface area contributed by atoms with Crippen LogP contribution < -0.4 is 10.2 Å². The smallest absolute Gasteiger partial charge is 0.212 e. The van der Waals surface area contributed by atoms with Gasteiger partial charge in [-0.1, -0.05) is 74.2 Å². The minimum absolute atomic E-state index is 0.0596. The Hall–Kier alpha value is -1.78. The van der Waals surface area contributed by atoms with Gasteiger partial charge in [-0.2, -0.15) is 0 Å². The van der Waals surface area contributed by atoms with Crippen molar-refractivity contribution in [2.24, 2.45) is 5.92 Å².